The molecule has 1 aromatic carbocycles. The fraction of sp³-hybridized carbons (Fsp3) is 0.130. The molecule has 32 heavy (non-hydrogen) atoms. The molecule has 4 rings (SSSR count). The molecule has 0 aliphatic carbocycles. The summed E-state index contributed by atoms with van der Waals surface area (Å²) in [5.74, 6) is -0.832. The first-order valence-electron chi connectivity index (χ1n) is 9.80. The average molecular weight is 432 g/mol. The van der Waals surface area contributed by atoms with E-state index in [0.717, 1.165) is 6.20 Å². The predicted molar refractivity (Wildman–Crippen MR) is 117 cm³/mol. The van der Waals surface area contributed by atoms with E-state index in [1.807, 2.05) is 13.0 Å². The minimum absolute atomic E-state index is 0.0271. The number of nitrogen functional groups attached to an aromatic ring is 1. The Hall–Kier alpha value is -4.32. The Labute approximate surface area is 181 Å². The fourth-order valence-corrected chi connectivity index (χ4v) is 3.65. The van der Waals surface area contributed by atoms with Crippen molar-refractivity contribution in [1.82, 2.24) is 14.4 Å². The summed E-state index contributed by atoms with van der Waals surface area (Å²) < 4.78 is 29.1. The zero-order chi connectivity index (χ0) is 22.8. The van der Waals surface area contributed by atoms with E-state index >= 15 is 0 Å². The molecule has 0 unspecified atom stereocenters. The van der Waals surface area contributed by atoms with E-state index in [9.17, 15) is 18.8 Å². The molecule has 0 aliphatic rings. The number of pyridine rings is 2. The molecule has 9 heteroatoms. The van der Waals surface area contributed by atoms with E-state index < -0.39 is 23.2 Å². The first-order chi connectivity index (χ1) is 15.4. The topological polar surface area (TPSA) is 109 Å². The van der Waals surface area contributed by atoms with Gasteiger partial charge in [0.05, 0.1) is 11.6 Å². The zero-order valence-electron chi connectivity index (χ0n) is 17.0. The van der Waals surface area contributed by atoms with Crippen LogP contribution in [0.4, 0.5) is 20.4 Å². The van der Waals surface area contributed by atoms with Crippen molar-refractivity contribution in [3.05, 3.63) is 88.1 Å². The molecule has 0 saturated heterocycles. The quantitative estimate of drug-likeness (QED) is 0.492. The highest BCUT2D eigenvalue weighted by Crippen LogP contribution is 2.32. The second kappa shape index (κ2) is 8.43. The smallest absolute Gasteiger partial charge is 0.263 e. The minimum atomic E-state index is -0.571. The number of hydrogen-bond donors (Lipinski definition) is 2. The number of nitriles is 1. The molecule has 4 aromatic rings. The molecule has 0 radical (unpaired) electrons. The summed E-state index contributed by atoms with van der Waals surface area (Å²) in [4.78, 5) is 21.4. The Bertz CT molecular complexity index is 1430. The molecule has 3 heterocycles. The zero-order valence-corrected chi connectivity index (χ0v) is 17.0. The lowest BCUT2D eigenvalue weighted by Crippen LogP contribution is -2.22. The summed E-state index contributed by atoms with van der Waals surface area (Å²) in [6.07, 6.45) is 2.82. The van der Waals surface area contributed by atoms with E-state index in [-0.39, 0.29) is 22.8 Å². The van der Waals surface area contributed by atoms with E-state index in [4.69, 9.17) is 5.73 Å². The molecule has 0 fully saturated rings. The predicted octanol–water partition coefficient (Wildman–Crippen LogP) is 4.05. The standard InChI is InChI=1S/C23H18F2N6O/c1-2-19(30-22-18(10-26)21(27)28-12-29-22)17-9-16-7-6-15(25)11-31(16)23(32)20(17)13-4-3-5-14(24)8-13/h3-9,11-12,19H,2H2,1H3,(H3,27,28,29,30)/t19-/m0/s1. The SMILES string of the molecule is CC[C@H](Nc1ncnc(N)c1C#N)c1cc2ccc(F)cn2c(=O)c1-c1cccc(F)c1. The lowest BCUT2D eigenvalue weighted by atomic mass is 9.94. The van der Waals surface area contributed by atoms with Crippen molar-refractivity contribution in [2.45, 2.75) is 19.4 Å². The van der Waals surface area contributed by atoms with E-state index in [1.165, 1.54) is 41.1 Å². The number of halogens is 2. The number of hydrogen-bond acceptors (Lipinski definition) is 6. The molecule has 0 amide bonds. The van der Waals surface area contributed by atoms with Crippen LogP contribution in [0.25, 0.3) is 16.6 Å². The number of aromatic nitrogens is 3. The number of rotatable bonds is 5. The van der Waals surface area contributed by atoms with Gasteiger partial charge in [0.15, 0.2) is 0 Å². The maximum atomic E-state index is 14.0. The van der Waals surface area contributed by atoms with Gasteiger partial charge < -0.3 is 11.1 Å². The largest absolute Gasteiger partial charge is 0.382 e. The molecule has 0 aliphatic heterocycles. The van der Waals surface area contributed by atoms with E-state index in [0.29, 0.717) is 23.1 Å². The molecular formula is C23H18F2N6O. The van der Waals surface area contributed by atoms with Crippen LogP contribution in [0.5, 0.6) is 0 Å². The summed E-state index contributed by atoms with van der Waals surface area (Å²) in [6.45, 7) is 1.89. The summed E-state index contributed by atoms with van der Waals surface area (Å²) in [5.41, 5.74) is 6.97. The molecule has 0 saturated carbocycles. The van der Waals surface area contributed by atoms with Gasteiger partial charge in [0, 0.05) is 11.7 Å². The Morgan fingerprint density at radius 1 is 1.19 bits per heavy atom. The minimum Gasteiger partial charge on any atom is -0.382 e. The van der Waals surface area contributed by atoms with Crippen molar-refractivity contribution in [2.75, 3.05) is 11.1 Å². The number of nitrogens with two attached hydrogens (primary N) is 1. The molecule has 0 spiro atoms. The second-order valence-electron chi connectivity index (χ2n) is 7.13. The fourth-order valence-electron chi connectivity index (χ4n) is 3.65. The van der Waals surface area contributed by atoms with Gasteiger partial charge in [-0.2, -0.15) is 5.26 Å². The van der Waals surface area contributed by atoms with Gasteiger partial charge in [-0.3, -0.25) is 9.20 Å². The van der Waals surface area contributed by atoms with Crippen LogP contribution in [0.3, 0.4) is 0 Å². The van der Waals surface area contributed by atoms with Gasteiger partial charge in [0.2, 0.25) is 0 Å². The van der Waals surface area contributed by atoms with Crippen molar-refractivity contribution in [2.24, 2.45) is 0 Å². The van der Waals surface area contributed by atoms with Crippen LogP contribution in [0.1, 0.15) is 30.5 Å². The third-order valence-corrected chi connectivity index (χ3v) is 5.16. The number of nitrogens with zero attached hydrogens (tertiary/aromatic N) is 4. The van der Waals surface area contributed by atoms with Crippen molar-refractivity contribution in [1.29, 1.82) is 5.26 Å². The van der Waals surface area contributed by atoms with Crippen LogP contribution >= 0.6 is 0 Å². The molecule has 7 nitrogen and oxygen atoms in total. The molecule has 1 atom stereocenters. The Balaban J connectivity index is 1.97. The third kappa shape index (κ3) is 3.74. The van der Waals surface area contributed by atoms with E-state index in [2.05, 4.69) is 15.3 Å². The van der Waals surface area contributed by atoms with Crippen LogP contribution in [0.2, 0.25) is 0 Å². The average Bonchev–Trinajstić information content (AvgIpc) is 2.78. The van der Waals surface area contributed by atoms with Crippen LogP contribution < -0.4 is 16.6 Å². The molecule has 3 aromatic heterocycles. The van der Waals surface area contributed by atoms with Gasteiger partial charge in [-0.1, -0.05) is 19.1 Å². The van der Waals surface area contributed by atoms with Gasteiger partial charge in [0.25, 0.3) is 5.56 Å². The first-order valence-corrected chi connectivity index (χ1v) is 9.80. The van der Waals surface area contributed by atoms with Gasteiger partial charge in [0.1, 0.15) is 41.2 Å². The maximum absolute atomic E-state index is 14.0. The van der Waals surface area contributed by atoms with E-state index in [1.54, 1.807) is 12.1 Å². The molecule has 3 N–H and O–H groups in total. The summed E-state index contributed by atoms with van der Waals surface area (Å²) >= 11 is 0. The summed E-state index contributed by atoms with van der Waals surface area (Å²) in [5, 5.41) is 12.6. The molecule has 0 bridgehead atoms. The van der Waals surface area contributed by atoms with Crippen LogP contribution in [0.15, 0.2) is 59.8 Å². The maximum Gasteiger partial charge on any atom is 0.263 e. The van der Waals surface area contributed by atoms with Gasteiger partial charge >= 0.3 is 0 Å². The van der Waals surface area contributed by atoms with Crippen molar-refractivity contribution < 1.29 is 8.78 Å². The Morgan fingerprint density at radius 3 is 2.72 bits per heavy atom. The number of anilines is 2. The van der Waals surface area contributed by atoms with Crippen LogP contribution in [-0.2, 0) is 0 Å². The third-order valence-electron chi connectivity index (χ3n) is 5.16. The molecule has 160 valence electrons. The highest BCUT2D eigenvalue weighted by Gasteiger charge is 2.22. The lowest BCUT2D eigenvalue weighted by molar-refractivity contribution is 0.617. The van der Waals surface area contributed by atoms with Gasteiger partial charge in [-0.25, -0.2) is 18.7 Å². The highest BCUT2D eigenvalue weighted by atomic mass is 19.1. The number of fused-ring (bicyclic) bond motifs is 1. The number of nitrogens with one attached hydrogen (secondary N) is 1. The van der Waals surface area contributed by atoms with Crippen LogP contribution in [0, 0.1) is 23.0 Å². The Morgan fingerprint density at radius 2 is 2.00 bits per heavy atom. The van der Waals surface area contributed by atoms with Gasteiger partial charge in [-0.05, 0) is 47.9 Å². The number of benzene rings is 1. The Kier molecular flexibility index (Phi) is 5.52. The normalized spacial score (nSPS) is 11.8. The van der Waals surface area contributed by atoms with Crippen molar-refractivity contribution in [3.8, 4) is 17.2 Å². The lowest BCUT2D eigenvalue weighted by Gasteiger charge is -2.22. The highest BCUT2D eigenvalue weighted by molar-refractivity contribution is 5.72. The van der Waals surface area contributed by atoms with Gasteiger partial charge in [-0.15, -0.1) is 0 Å². The van der Waals surface area contributed by atoms with Crippen molar-refractivity contribution in [3.63, 3.8) is 0 Å². The first kappa shape index (κ1) is 20.9. The van der Waals surface area contributed by atoms with Crippen LogP contribution in [-0.4, -0.2) is 14.4 Å². The second-order valence-corrected chi connectivity index (χ2v) is 7.13. The van der Waals surface area contributed by atoms with Crippen molar-refractivity contribution >= 4 is 17.2 Å². The summed E-state index contributed by atoms with van der Waals surface area (Å²) in [6, 6.07) is 11.6. The summed E-state index contributed by atoms with van der Waals surface area (Å²) in [7, 11) is 0. The monoisotopic (exact) mass is 432 g/mol. The molecular weight excluding hydrogens is 414 g/mol.